The number of carbonyl (C=O) groups excluding carboxylic acids is 1. The first-order chi connectivity index (χ1) is 16.8. The van der Waals surface area contributed by atoms with Crippen molar-refractivity contribution in [3.63, 3.8) is 0 Å². The van der Waals surface area contributed by atoms with Gasteiger partial charge in [0, 0.05) is 49.8 Å². The second kappa shape index (κ2) is 10.5. The molecular weight excluding hydrogens is 444 g/mol. The number of aryl methyl sites for hydroxylation is 2. The van der Waals surface area contributed by atoms with Gasteiger partial charge in [-0.25, -0.2) is 9.97 Å². The molecule has 0 radical (unpaired) electrons. The van der Waals surface area contributed by atoms with Crippen molar-refractivity contribution >= 4 is 17.6 Å². The summed E-state index contributed by atoms with van der Waals surface area (Å²) in [7, 11) is 3.16. The van der Waals surface area contributed by atoms with Crippen LogP contribution >= 0.6 is 0 Å². The summed E-state index contributed by atoms with van der Waals surface area (Å²) in [6.45, 7) is 6.48. The summed E-state index contributed by atoms with van der Waals surface area (Å²) in [6.07, 6.45) is 6.59. The first kappa shape index (κ1) is 24.7. The molecule has 2 aromatic heterocycles. The molecule has 10 nitrogen and oxygen atoms in total. The third kappa shape index (κ3) is 5.31. The number of amides is 1. The second-order valence-corrected chi connectivity index (χ2v) is 9.43. The van der Waals surface area contributed by atoms with Crippen molar-refractivity contribution in [2.24, 2.45) is 15.6 Å². The van der Waals surface area contributed by atoms with Crippen LogP contribution in [0.15, 0.2) is 34.8 Å². The Hall–Kier alpha value is -3.43. The van der Waals surface area contributed by atoms with Crippen LogP contribution in [0.25, 0.3) is 0 Å². The van der Waals surface area contributed by atoms with Crippen molar-refractivity contribution in [2.75, 3.05) is 45.2 Å². The lowest BCUT2D eigenvalue weighted by atomic mass is 9.71. The average molecular weight is 479 g/mol. The number of anilines is 1. The van der Waals surface area contributed by atoms with Gasteiger partial charge in [-0.1, -0.05) is 0 Å². The van der Waals surface area contributed by atoms with E-state index < -0.39 is 6.04 Å². The summed E-state index contributed by atoms with van der Waals surface area (Å²) in [5, 5.41) is 17.0. The Bertz CT molecular complexity index is 1090. The standard InChI is InChI=1S/C25H34N8O2/c1-17-12-18(2)30-24(29-17)32-10-7-25(8-11-32)6-5-9-33(23(25)34)16-21(31-27-3)22(26)19-13-20(35-4)15-28-14-19/h12-15,21,26H,5-11,16H2,1-4H3. The fourth-order valence-corrected chi connectivity index (χ4v) is 5.18. The Kier molecular flexibility index (Phi) is 7.37. The average Bonchev–Trinajstić information content (AvgIpc) is 2.86. The Morgan fingerprint density at radius 2 is 1.86 bits per heavy atom. The summed E-state index contributed by atoms with van der Waals surface area (Å²) < 4.78 is 5.25. The number of carbonyl (C=O) groups is 1. The molecule has 1 N–H and O–H groups in total. The van der Waals surface area contributed by atoms with E-state index in [0.29, 0.717) is 24.4 Å². The molecule has 2 aliphatic rings. The fourth-order valence-electron chi connectivity index (χ4n) is 5.18. The summed E-state index contributed by atoms with van der Waals surface area (Å²) in [5.41, 5.74) is 2.43. The zero-order valence-corrected chi connectivity index (χ0v) is 21.0. The van der Waals surface area contributed by atoms with E-state index in [2.05, 4.69) is 30.1 Å². The van der Waals surface area contributed by atoms with E-state index in [9.17, 15) is 4.79 Å². The van der Waals surface area contributed by atoms with Gasteiger partial charge in [0.1, 0.15) is 11.8 Å². The van der Waals surface area contributed by atoms with Crippen molar-refractivity contribution in [1.29, 1.82) is 5.41 Å². The molecule has 4 rings (SSSR count). The lowest BCUT2D eigenvalue weighted by molar-refractivity contribution is -0.148. The van der Waals surface area contributed by atoms with E-state index in [4.69, 9.17) is 10.1 Å². The SMILES string of the molecule is CN=NC(CN1CCCC2(CCN(c3nc(C)cc(C)n3)CC2)C1=O)C(=N)c1cncc(OC)c1. The van der Waals surface area contributed by atoms with Crippen LogP contribution in [-0.2, 0) is 4.79 Å². The van der Waals surface area contributed by atoms with Crippen LogP contribution in [0.3, 0.4) is 0 Å². The molecule has 0 saturated carbocycles. The Balaban J connectivity index is 1.46. The zero-order chi connectivity index (χ0) is 25.0. The minimum atomic E-state index is -0.559. The lowest BCUT2D eigenvalue weighted by Crippen LogP contribution is -2.55. The van der Waals surface area contributed by atoms with Crippen LogP contribution in [-0.4, -0.2) is 77.8 Å². The number of hydrogen-bond acceptors (Lipinski definition) is 9. The lowest BCUT2D eigenvalue weighted by Gasteiger charge is -2.46. The van der Waals surface area contributed by atoms with Gasteiger partial charge in [0.15, 0.2) is 0 Å². The van der Waals surface area contributed by atoms with Crippen LogP contribution < -0.4 is 9.64 Å². The van der Waals surface area contributed by atoms with Gasteiger partial charge in [-0.2, -0.15) is 10.2 Å². The molecule has 2 saturated heterocycles. The van der Waals surface area contributed by atoms with Crippen molar-refractivity contribution in [3.8, 4) is 5.75 Å². The molecular formula is C25H34N8O2. The first-order valence-corrected chi connectivity index (χ1v) is 12.1. The van der Waals surface area contributed by atoms with E-state index in [1.165, 1.54) is 0 Å². The van der Waals surface area contributed by atoms with Crippen LogP contribution in [0.4, 0.5) is 5.95 Å². The van der Waals surface area contributed by atoms with Crippen molar-refractivity contribution in [3.05, 3.63) is 41.5 Å². The number of methoxy groups -OCH3 is 1. The molecule has 2 aromatic rings. The molecule has 4 heterocycles. The molecule has 1 spiro atoms. The molecule has 1 unspecified atom stereocenters. The number of aromatic nitrogens is 3. The summed E-state index contributed by atoms with van der Waals surface area (Å²) in [6, 6.07) is 3.18. The molecule has 1 atom stereocenters. The van der Waals surface area contributed by atoms with Gasteiger partial charge in [-0.05, 0) is 51.7 Å². The monoisotopic (exact) mass is 478 g/mol. The van der Waals surface area contributed by atoms with E-state index >= 15 is 0 Å². The maximum absolute atomic E-state index is 13.8. The normalized spacial score (nSPS) is 18.8. The second-order valence-electron chi connectivity index (χ2n) is 9.43. The largest absolute Gasteiger partial charge is 0.495 e. The third-order valence-electron chi connectivity index (χ3n) is 7.04. The Labute approximate surface area is 206 Å². The highest BCUT2D eigenvalue weighted by atomic mass is 16.5. The molecule has 2 aliphatic heterocycles. The maximum atomic E-state index is 13.8. The number of nitrogens with one attached hydrogen (secondary N) is 1. The number of ether oxygens (including phenoxy) is 1. The highest BCUT2D eigenvalue weighted by Gasteiger charge is 2.46. The van der Waals surface area contributed by atoms with Crippen LogP contribution in [0, 0.1) is 24.7 Å². The van der Waals surface area contributed by atoms with E-state index in [1.807, 2.05) is 24.8 Å². The molecule has 0 aliphatic carbocycles. The van der Waals surface area contributed by atoms with Crippen LogP contribution in [0.1, 0.15) is 42.6 Å². The topological polar surface area (TPSA) is 120 Å². The van der Waals surface area contributed by atoms with Gasteiger partial charge in [0.25, 0.3) is 0 Å². The molecule has 1 amide bonds. The van der Waals surface area contributed by atoms with Crippen LogP contribution in [0.5, 0.6) is 5.75 Å². The van der Waals surface area contributed by atoms with E-state index in [0.717, 1.165) is 56.1 Å². The zero-order valence-electron chi connectivity index (χ0n) is 21.0. The highest BCUT2D eigenvalue weighted by Crippen LogP contribution is 2.41. The number of rotatable bonds is 7. The number of azo groups is 1. The van der Waals surface area contributed by atoms with Crippen molar-refractivity contribution in [2.45, 2.75) is 45.6 Å². The number of nitrogens with zero attached hydrogens (tertiary/aromatic N) is 7. The van der Waals surface area contributed by atoms with Gasteiger partial charge < -0.3 is 19.9 Å². The van der Waals surface area contributed by atoms with Crippen molar-refractivity contribution in [1.82, 2.24) is 19.9 Å². The number of piperidine rings is 2. The smallest absolute Gasteiger partial charge is 0.229 e. The van der Waals surface area contributed by atoms with E-state index in [-0.39, 0.29) is 17.0 Å². The molecule has 0 bridgehead atoms. The quantitative estimate of drug-likeness (QED) is 0.482. The summed E-state index contributed by atoms with van der Waals surface area (Å²) >= 11 is 0. The van der Waals surface area contributed by atoms with Crippen LogP contribution in [0.2, 0.25) is 0 Å². The molecule has 10 heteroatoms. The predicted molar refractivity (Wildman–Crippen MR) is 133 cm³/mol. The van der Waals surface area contributed by atoms with Gasteiger partial charge in [-0.15, -0.1) is 0 Å². The minimum Gasteiger partial charge on any atom is -0.495 e. The maximum Gasteiger partial charge on any atom is 0.229 e. The number of likely N-dealkylation sites (tertiary alicyclic amines) is 1. The Morgan fingerprint density at radius 1 is 1.14 bits per heavy atom. The first-order valence-electron chi connectivity index (χ1n) is 12.1. The highest BCUT2D eigenvalue weighted by molar-refractivity contribution is 6.02. The molecule has 2 fully saturated rings. The predicted octanol–water partition coefficient (Wildman–Crippen LogP) is 3.22. The van der Waals surface area contributed by atoms with Crippen molar-refractivity contribution < 1.29 is 9.53 Å². The number of hydrogen-bond donors (Lipinski definition) is 1. The fraction of sp³-hybridized carbons (Fsp3) is 0.560. The van der Waals surface area contributed by atoms with Gasteiger partial charge in [0.05, 0.1) is 31.0 Å². The van der Waals surface area contributed by atoms with E-state index in [1.54, 1.807) is 32.6 Å². The molecule has 35 heavy (non-hydrogen) atoms. The third-order valence-corrected chi connectivity index (χ3v) is 7.04. The summed E-state index contributed by atoms with van der Waals surface area (Å²) in [5.74, 6) is 1.49. The minimum absolute atomic E-state index is 0.164. The van der Waals surface area contributed by atoms with Gasteiger partial charge >= 0.3 is 0 Å². The van der Waals surface area contributed by atoms with Gasteiger partial charge in [-0.3, -0.25) is 9.78 Å². The molecule has 0 aromatic carbocycles. The van der Waals surface area contributed by atoms with Gasteiger partial charge in [0.2, 0.25) is 11.9 Å². The Morgan fingerprint density at radius 3 is 2.51 bits per heavy atom. The molecule has 186 valence electrons. The number of pyridine rings is 1. The summed E-state index contributed by atoms with van der Waals surface area (Å²) in [4.78, 5) is 31.2.